The van der Waals surface area contributed by atoms with E-state index in [0.29, 0.717) is 29.8 Å². The fraction of sp³-hybridized carbons (Fsp3) is 0.333. The summed E-state index contributed by atoms with van der Waals surface area (Å²) in [6.07, 6.45) is 1.98. The minimum Gasteiger partial charge on any atom is -0.497 e. The van der Waals surface area contributed by atoms with Crippen molar-refractivity contribution < 1.29 is 9.53 Å². The lowest BCUT2D eigenvalue weighted by molar-refractivity contribution is 0.0950. The molecule has 6 heteroatoms. The van der Waals surface area contributed by atoms with Gasteiger partial charge in [0.2, 0.25) is 0 Å². The molecule has 0 bridgehead atoms. The van der Waals surface area contributed by atoms with Crippen molar-refractivity contribution in [3.63, 3.8) is 0 Å². The first-order valence-corrected chi connectivity index (χ1v) is 11.1. The van der Waals surface area contributed by atoms with E-state index >= 15 is 0 Å². The molecule has 0 unspecified atom stereocenters. The molecule has 1 N–H and O–H groups in total. The molecule has 2 heterocycles. The maximum atomic E-state index is 12.4. The molecule has 0 radical (unpaired) electrons. The largest absolute Gasteiger partial charge is 0.497 e. The van der Waals surface area contributed by atoms with Gasteiger partial charge in [0.25, 0.3) is 5.91 Å². The molecule has 2 aromatic carbocycles. The van der Waals surface area contributed by atoms with Gasteiger partial charge in [-0.3, -0.25) is 9.69 Å². The monoisotopic (exact) mass is 421 g/mol. The van der Waals surface area contributed by atoms with Gasteiger partial charge in [0, 0.05) is 43.4 Å². The Morgan fingerprint density at radius 2 is 2.00 bits per heavy atom. The number of nitrogens with zero attached hydrogens (tertiary/aromatic N) is 2. The number of aromatic nitrogens is 1. The summed E-state index contributed by atoms with van der Waals surface area (Å²) in [5, 5.41) is 4.20. The van der Waals surface area contributed by atoms with Crippen LogP contribution in [0.25, 0.3) is 10.4 Å². The molecule has 0 aliphatic carbocycles. The molecular formula is C24H27N3O2S. The van der Waals surface area contributed by atoms with E-state index in [1.54, 1.807) is 30.6 Å². The van der Waals surface area contributed by atoms with Crippen LogP contribution in [0.3, 0.4) is 0 Å². The Hall–Kier alpha value is -2.70. The molecule has 4 rings (SSSR count). The van der Waals surface area contributed by atoms with E-state index in [-0.39, 0.29) is 5.91 Å². The number of benzene rings is 2. The molecule has 1 aromatic heterocycles. The molecule has 5 nitrogen and oxygen atoms in total. The van der Waals surface area contributed by atoms with Crippen LogP contribution < -0.4 is 10.1 Å². The minimum absolute atomic E-state index is 0.110. The molecule has 1 aliphatic rings. The zero-order valence-corrected chi connectivity index (χ0v) is 18.4. The van der Waals surface area contributed by atoms with Crippen molar-refractivity contribution in [1.82, 2.24) is 15.2 Å². The number of ether oxygens (including phenoxy) is 1. The van der Waals surface area contributed by atoms with Crippen LogP contribution in [0.1, 0.15) is 40.7 Å². The quantitative estimate of drug-likeness (QED) is 0.608. The Bertz CT molecular complexity index is 1010. The van der Waals surface area contributed by atoms with E-state index in [1.807, 2.05) is 18.3 Å². The summed E-state index contributed by atoms with van der Waals surface area (Å²) >= 11 is 1.79. The molecule has 0 saturated carbocycles. The smallest absolute Gasteiger partial charge is 0.251 e. The molecular weight excluding hydrogens is 394 g/mol. The van der Waals surface area contributed by atoms with E-state index in [9.17, 15) is 4.79 Å². The van der Waals surface area contributed by atoms with Gasteiger partial charge >= 0.3 is 0 Å². The number of carbonyl (C=O) groups excluding carboxylic acids is 1. The van der Waals surface area contributed by atoms with Crippen LogP contribution in [0.2, 0.25) is 0 Å². The lowest BCUT2D eigenvalue weighted by atomic mass is 9.99. The van der Waals surface area contributed by atoms with Crippen molar-refractivity contribution in [2.45, 2.75) is 32.4 Å². The fourth-order valence-corrected chi connectivity index (χ4v) is 4.54. The summed E-state index contributed by atoms with van der Waals surface area (Å²) in [5.41, 5.74) is 2.82. The van der Waals surface area contributed by atoms with E-state index in [0.717, 1.165) is 18.7 Å². The molecule has 1 fully saturated rings. The third-order valence-electron chi connectivity index (χ3n) is 5.54. The fourth-order valence-electron chi connectivity index (χ4n) is 3.54. The Labute approximate surface area is 181 Å². The lowest BCUT2D eigenvalue weighted by Gasteiger charge is -2.41. The van der Waals surface area contributed by atoms with Gasteiger partial charge in [-0.2, -0.15) is 0 Å². The van der Waals surface area contributed by atoms with Crippen molar-refractivity contribution in [2.75, 3.05) is 20.2 Å². The highest BCUT2D eigenvalue weighted by Gasteiger charge is 2.31. The highest BCUT2D eigenvalue weighted by atomic mass is 32.1. The second-order valence-corrected chi connectivity index (χ2v) is 8.98. The number of likely N-dealkylation sites (tertiary alicyclic amines) is 1. The number of hydrogen-bond acceptors (Lipinski definition) is 5. The van der Waals surface area contributed by atoms with Crippen LogP contribution in [0, 0.1) is 0 Å². The average molecular weight is 422 g/mol. The predicted molar refractivity (Wildman–Crippen MR) is 121 cm³/mol. The highest BCUT2D eigenvalue weighted by molar-refractivity contribution is 7.15. The SMILES string of the molecule is COc1cccc(C(=O)NCc2ccc(-c3cnc(C4CN(C(C)C)C4)s3)cc2)c1. The topological polar surface area (TPSA) is 54.5 Å². The third kappa shape index (κ3) is 4.55. The van der Waals surface area contributed by atoms with Gasteiger partial charge in [-0.25, -0.2) is 4.98 Å². The lowest BCUT2D eigenvalue weighted by Crippen LogP contribution is -2.48. The van der Waals surface area contributed by atoms with Crippen LogP contribution in [0.4, 0.5) is 0 Å². The highest BCUT2D eigenvalue weighted by Crippen LogP contribution is 2.35. The molecule has 0 spiro atoms. The van der Waals surface area contributed by atoms with Crippen molar-refractivity contribution in [1.29, 1.82) is 0 Å². The van der Waals surface area contributed by atoms with Gasteiger partial charge < -0.3 is 10.1 Å². The number of amides is 1. The summed E-state index contributed by atoms with van der Waals surface area (Å²) in [5.74, 6) is 1.13. The zero-order valence-electron chi connectivity index (χ0n) is 17.6. The molecule has 0 atom stereocenters. The Morgan fingerprint density at radius 1 is 1.23 bits per heavy atom. The Morgan fingerprint density at radius 3 is 2.70 bits per heavy atom. The van der Waals surface area contributed by atoms with Gasteiger partial charge in [0.1, 0.15) is 5.75 Å². The number of nitrogens with one attached hydrogen (secondary N) is 1. The van der Waals surface area contributed by atoms with Crippen molar-refractivity contribution >= 4 is 17.2 Å². The summed E-state index contributed by atoms with van der Waals surface area (Å²) in [6, 6.07) is 16.1. The van der Waals surface area contributed by atoms with Gasteiger partial charge in [0.05, 0.1) is 17.0 Å². The molecule has 1 saturated heterocycles. The van der Waals surface area contributed by atoms with Gasteiger partial charge in [-0.15, -0.1) is 11.3 Å². The number of hydrogen-bond donors (Lipinski definition) is 1. The minimum atomic E-state index is -0.110. The van der Waals surface area contributed by atoms with Gasteiger partial charge in [-0.1, -0.05) is 30.3 Å². The van der Waals surface area contributed by atoms with Crippen LogP contribution in [0.15, 0.2) is 54.7 Å². The van der Waals surface area contributed by atoms with E-state index < -0.39 is 0 Å². The number of rotatable bonds is 7. The first-order chi connectivity index (χ1) is 14.5. The number of thiazole rings is 1. The van der Waals surface area contributed by atoms with Crippen molar-refractivity contribution in [3.05, 3.63) is 70.9 Å². The van der Waals surface area contributed by atoms with E-state index in [1.165, 1.54) is 15.4 Å². The zero-order chi connectivity index (χ0) is 21.1. The maximum absolute atomic E-state index is 12.4. The second-order valence-electron chi connectivity index (χ2n) is 7.92. The number of carbonyl (C=O) groups is 1. The summed E-state index contributed by atoms with van der Waals surface area (Å²) < 4.78 is 5.18. The first kappa shape index (κ1) is 20.6. The van der Waals surface area contributed by atoms with Crippen molar-refractivity contribution in [3.8, 4) is 16.2 Å². The summed E-state index contributed by atoms with van der Waals surface area (Å²) in [7, 11) is 1.59. The average Bonchev–Trinajstić information content (AvgIpc) is 3.20. The van der Waals surface area contributed by atoms with Gasteiger partial charge in [0.15, 0.2) is 0 Å². The summed E-state index contributed by atoms with van der Waals surface area (Å²) in [6.45, 7) is 7.18. The molecule has 156 valence electrons. The number of methoxy groups -OCH3 is 1. The Balaban J connectivity index is 1.34. The molecule has 30 heavy (non-hydrogen) atoms. The Kier molecular flexibility index (Phi) is 6.16. The summed E-state index contributed by atoms with van der Waals surface area (Å²) in [4.78, 5) is 20.7. The molecule has 1 amide bonds. The van der Waals surface area contributed by atoms with Crippen molar-refractivity contribution in [2.24, 2.45) is 0 Å². The molecule has 3 aromatic rings. The first-order valence-electron chi connectivity index (χ1n) is 10.2. The van der Waals surface area contributed by atoms with Crippen LogP contribution >= 0.6 is 11.3 Å². The van der Waals surface area contributed by atoms with E-state index in [4.69, 9.17) is 4.74 Å². The van der Waals surface area contributed by atoms with E-state index in [2.05, 4.69) is 53.3 Å². The second kappa shape index (κ2) is 8.98. The normalized spacial score (nSPS) is 14.5. The predicted octanol–water partition coefficient (Wildman–Crippen LogP) is 4.56. The third-order valence-corrected chi connectivity index (χ3v) is 6.75. The van der Waals surface area contributed by atoms with Crippen LogP contribution in [-0.4, -0.2) is 42.0 Å². The van der Waals surface area contributed by atoms with Crippen LogP contribution in [-0.2, 0) is 6.54 Å². The van der Waals surface area contributed by atoms with Gasteiger partial charge in [-0.05, 0) is 43.2 Å². The van der Waals surface area contributed by atoms with Crippen LogP contribution in [0.5, 0.6) is 5.75 Å². The maximum Gasteiger partial charge on any atom is 0.251 e. The molecule has 1 aliphatic heterocycles. The standard InChI is InChI=1S/C24H27N3O2S/c1-16(2)27-14-20(15-27)24-26-13-22(30-24)18-9-7-17(8-10-18)12-25-23(28)19-5-4-6-21(11-19)29-3/h4-11,13,16,20H,12,14-15H2,1-3H3,(H,25,28).